The quantitative estimate of drug-likeness (QED) is 0.269. The van der Waals surface area contributed by atoms with Crippen molar-refractivity contribution in [3.8, 4) is 23.3 Å². The molecule has 0 amide bonds. The predicted octanol–water partition coefficient (Wildman–Crippen LogP) is 4.11. The first-order chi connectivity index (χ1) is 14.4. The lowest BCUT2D eigenvalue weighted by Crippen LogP contribution is -2.18. The van der Waals surface area contributed by atoms with Crippen LogP contribution in [0.3, 0.4) is 0 Å². The molecule has 0 aliphatic rings. The molecule has 156 valence electrons. The maximum absolute atomic E-state index is 12.1. The molecule has 0 bridgehead atoms. The number of hydrogen-bond donors (Lipinski definition) is 0. The Hall–Kier alpha value is -3.50. The van der Waals surface area contributed by atoms with Crippen LogP contribution in [0.4, 0.5) is 0 Å². The second-order valence-electron chi connectivity index (χ2n) is 5.97. The van der Waals surface area contributed by atoms with Crippen molar-refractivity contribution in [2.24, 2.45) is 0 Å². The Morgan fingerprint density at radius 2 is 1.93 bits per heavy atom. The van der Waals surface area contributed by atoms with Crippen LogP contribution >= 0.6 is 11.6 Å². The van der Waals surface area contributed by atoms with Crippen LogP contribution in [0.1, 0.15) is 18.1 Å². The first kappa shape index (κ1) is 22.8. The minimum absolute atomic E-state index is 0.157. The normalized spacial score (nSPS) is 10.7. The Bertz CT molecular complexity index is 1010. The van der Waals surface area contributed by atoms with Crippen LogP contribution in [0.15, 0.2) is 42.0 Å². The smallest absolute Gasteiger partial charge is 0.349 e. The molecule has 0 heterocycles. The zero-order valence-corrected chi connectivity index (χ0v) is 17.5. The number of methoxy groups -OCH3 is 1. The van der Waals surface area contributed by atoms with Crippen molar-refractivity contribution in [2.75, 3.05) is 20.3 Å². The van der Waals surface area contributed by atoms with Crippen LogP contribution in [0.5, 0.6) is 17.2 Å². The first-order valence-corrected chi connectivity index (χ1v) is 9.32. The highest BCUT2D eigenvalue weighted by Crippen LogP contribution is 2.29. The van der Waals surface area contributed by atoms with E-state index in [0.717, 1.165) is 5.56 Å². The van der Waals surface area contributed by atoms with Crippen LogP contribution in [0.25, 0.3) is 6.08 Å². The Balaban J connectivity index is 2.08. The monoisotopic (exact) mass is 429 g/mol. The zero-order valence-electron chi connectivity index (χ0n) is 16.7. The predicted molar refractivity (Wildman–Crippen MR) is 111 cm³/mol. The summed E-state index contributed by atoms with van der Waals surface area (Å²) >= 11 is 5.96. The number of carbonyl (C=O) groups is 2. The van der Waals surface area contributed by atoms with Crippen molar-refractivity contribution in [1.82, 2.24) is 0 Å². The SMILES string of the molecule is CCOC(=O)/C(C#N)=C/c1ccc(OC(=O)COc2ccc(Cl)c(C)c2)c(OC)c1. The fourth-order valence-corrected chi connectivity index (χ4v) is 2.49. The zero-order chi connectivity index (χ0) is 22.1. The summed E-state index contributed by atoms with van der Waals surface area (Å²) in [5.74, 6) is -0.437. The van der Waals surface area contributed by atoms with Gasteiger partial charge in [-0.05, 0) is 61.4 Å². The Morgan fingerprint density at radius 1 is 1.17 bits per heavy atom. The Morgan fingerprint density at radius 3 is 2.57 bits per heavy atom. The number of nitrogens with zero attached hydrogens (tertiary/aromatic N) is 1. The molecule has 8 heteroatoms. The molecular weight excluding hydrogens is 410 g/mol. The number of carbonyl (C=O) groups excluding carboxylic acids is 2. The lowest BCUT2D eigenvalue weighted by atomic mass is 10.1. The lowest BCUT2D eigenvalue weighted by molar-refractivity contribution is -0.138. The van der Waals surface area contributed by atoms with Crippen LogP contribution in [-0.4, -0.2) is 32.3 Å². The fourth-order valence-electron chi connectivity index (χ4n) is 2.37. The summed E-state index contributed by atoms with van der Waals surface area (Å²) < 4.78 is 20.8. The van der Waals surface area contributed by atoms with Gasteiger partial charge in [0.25, 0.3) is 0 Å². The largest absolute Gasteiger partial charge is 0.493 e. The summed E-state index contributed by atoms with van der Waals surface area (Å²) in [5, 5.41) is 9.73. The van der Waals surface area contributed by atoms with Gasteiger partial charge in [0.15, 0.2) is 18.1 Å². The molecule has 0 radical (unpaired) electrons. The number of halogens is 1. The highest BCUT2D eigenvalue weighted by Gasteiger charge is 2.14. The van der Waals surface area contributed by atoms with Gasteiger partial charge in [0, 0.05) is 5.02 Å². The molecule has 0 spiro atoms. The number of hydrogen-bond acceptors (Lipinski definition) is 7. The number of esters is 2. The molecule has 0 aliphatic carbocycles. The third-order valence-electron chi connectivity index (χ3n) is 3.82. The molecule has 2 aromatic rings. The van der Waals surface area contributed by atoms with Gasteiger partial charge in [-0.3, -0.25) is 0 Å². The van der Waals surface area contributed by atoms with E-state index in [9.17, 15) is 9.59 Å². The van der Waals surface area contributed by atoms with E-state index in [-0.39, 0.29) is 30.3 Å². The van der Waals surface area contributed by atoms with E-state index >= 15 is 0 Å². The summed E-state index contributed by atoms with van der Waals surface area (Å²) in [6.07, 6.45) is 1.36. The minimum atomic E-state index is -0.718. The molecular formula is C22H20ClNO6. The molecule has 7 nitrogen and oxygen atoms in total. The van der Waals surface area contributed by atoms with Gasteiger partial charge < -0.3 is 18.9 Å². The number of rotatable bonds is 8. The summed E-state index contributed by atoms with van der Waals surface area (Å²) in [6.45, 7) is 3.33. The van der Waals surface area contributed by atoms with E-state index < -0.39 is 11.9 Å². The highest BCUT2D eigenvalue weighted by molar-refractivity contribution is 6.31. The van der Waals surface area contributed by atoms with Crippen molar-refractivity contribution in [3.63, 3.8) is 0 Å². The fraction of sp³-hybridized carbons (Fsp3) is 0.227. The molecule has 0 aliphatic heterocycles. The molecule has 2 aromatic carbocycles. The van der Waals surface area contributed by atoms with E-state index in [4.69, 9.17) is 35.8 Å². The van der Waals surface area contributed by atoms with Gasteiger partial charge in [0.05, 0.1) is 13.7 Å². The number of aryl methyl sites for hydroxylation is 1. The van der Waals surface area contributed by atoms with Gasteiger partial charge in [-0.2, -0.15) is 5.26 Å². The summed E-state index contributed by atoms with van der Waals surface area (Å²) in [4.78, 5) is 23.9. The maximum atomic E-state index is 12.1. The van der Waals surface area contributed by atoms with Crippen molar-refractivity contribution < 1.29 is 28.5 Å². The van der Waals surface area contributed by atoms with E-state index in [2.05, 4.69) is 0 Å². The Kier molecular flexibility index (Phi) is 8.27. The van der Waals surface area contributed by atoms with Crippen molar-refractivity contribution >= 4 is 29.6 Å². The molecule has 0 saturated carbocycles. The van der Waals surface area contributed by atoms with Crippen LogP contribution in [-0.2, 0) is 14.3 Å². The second-order valence-corrected chi connectivity index (χ2v) is 6.38. The molecule has 2 rings (SSSR count). The van der Waals surface area contributed by atoms with Crippen molar-refractivity contribution in [2.45, 2.75) is 13.8 Å². The third kappa shape index (κ3) is 6.26. The third-order valence-corrected chi connectivity index (χ3v) is 4.25. The van der Waals surface area contributed by atoms with Crippen molar-refractivity contribution in [3.05, 3.63) is 58.1 Å². The summed E-state index contributed by atoms with van der Waals surface area (Å²) in [6, 6.07) is 11.4. The standard InChI is InChI=1S/C22H20ClNO6/c1-4-28-22(26)16(12-24)10-15-5-8-19(20(11-15)27-3)30-21(25)13-29-17-6-7-18(23)14(2)9-17/h5-11H,4,13H2,1-3H3/b16-10+. The van der Waals surface area contributed by atoms with Crippen LogP contribution < -0.4 is 14.2 Å². The van der Waals surface area contributed by atoms with E-state index in [1.165, 1.54) is 25.3 Å². The summed E-state index contributed by atoms with van der Waals surface area (Å²) in [5.41, 5.74) is 1.17. The van der Waals surface area contributed by atoms with Crippen LogP contribution in [0, 0.1) is 18.3 Å². The summed E-state index contributed by atoms with van der Waals surface area (Å²) in [7, 11) is 1.41. The van der Waals surface area contributed by atoms with Gasteiger partial charge in [-0.25, -0.2) is 9.59 Å². The highest BCUT2D eigenvalue weighted by atomic mass is 35.5. The average molecular weight is 430 g/mol. The molecule has 0 unspecified atom stereocenters. The molecule has 0 N–H and O–H groups in total. The van der Waals surface area contributed by atoms with Crippen molar-refractivity contribution in [1.29, 1.82) is 5.26 Å². The number of benzene rings is 2. The van der Waals surface area contributed by atoms with E-state index in [1.807, 2.05) is 6.92 Å². The number of nitriles is 1. The molecule has 0 aromatic heterocycles. The van der Waals surface area contributed by atoms with Gasteiger partial charge in [-0.15, -0.1) is 0 Å². The van der Waals surface area contributed by atoms with E-state index in [0.29, 0.717) is 16.3 Å². The molecule has 0 saturated heterocycles. The Labute approximate surface area is 179 Å². The van der Waals surface area contributed by atoms with Gasteiger partial charge in [-0.1, -0.05) is 17.7 Å². The average Bonchev–Trinajstić information content (AvgIpc) is 2.73. The van der Waals surface area contributed by atoms with E-state index in [1.54, 1.807) is 37.3 Å². The lowest BCUT2D eigenvalue weighted by Gasteiger charge is -2.11. The van der Waals surface area contributed by atoms with Gasteiger partial charge in [0.1, 0.15) is 17.4 Å². The topological polar surface area (TPSA) is 94.9 Å². The minimum Gasteiger partial charge on any atom is -0.493 e. The van der Waals surface area contributed by atoms with Gasteiger partial charge >= 0.3 is 11.9 Å². The number of ether oxygens (including phenoxy) is 4. The molecule has 0 atom stereocenters. The van der Waals surface area contributed by atoms with Gasteiger partial charge in [0.2, 0.25) is 0 Å². The first-order valence-electron chi connectivity index (χ1n) is 8.94. The molecule has 0 fully saturated rings. The second kappa shape index (κ2) is 10.9. The van der Waals surface area contributed by atoms with Crippen LogP contribution in [0.2, 0.25) is 5.02 Å². The maximum Gasteiger partial charge on any atom is 0.349 e. The molecule has 30 heavy (non-hydrogen) atoms.